The van der Waals surface area contributed by atoms with Crippen LogP contribution in [-0.4, -0.2) is 34.1 Å². The third kappa shape index (κ3) is 4.10. The van der Waals surface area contributed by atoms with Gasteiger partial charge in [-0.1, -0.05) is 30.3 Å². The van der Waals surface area contributed by atoms with Crippen LogP contribution in [0.3, 0.4) is 0 Å². The summed E-state index contributed by atoms with van der Waals surface area (Å²) >= 11 is 1.69. The van der Waals surface area contributed by atoms with E-state index in [1.165, 1.54) is 10.9 Å². The van der Waals surface area contributed by atoms with Crippen molar-refractivity contribution in [3.8, 4) is 0 Å². The molecule has 2 N–H and O–H groups in total. The molecule has 0 radical (unpaired) electrons. The quantitative estimate of drug-likeness (QED) is 0.636. The van der Waals surface area contributed by atoms with Crippen molar-refractivity contribution in [1.82, 2.24) is 10.3 Å². The van der Waals surface area contributed by atoms with Gasteiger partial charge in [0.1, 0.15) is 6.04 Å². The summed E-state index contributed by atoms with van der Waals surface area (Å²) < 4.78 is -0.215. The maximum absolute atomic E-state index is 13.1. The number of fused-ring (bicyclic) bond motifs is 2. The Kier molecular flexibility index (Phi) is 5.60. The van der Waals surface area contributed by atoms with Gasteiger partial charge in [-0.15, -0.1) is 11.8 Å². The van der Waals surface area contributed by atoms with E-state index in [0.717, 1.165) is 22.5 Å². The zero-order valence-corrected chi connectivity index (χ0v) is 18.4. The minimum atomic E-state index is -0.573. The molecule has 3 aromatic rings. The van der Waals surface area contributed by atoms with Crippen LogP contribution in [0.2, 0.25) is 0 Å². The Labute approximate surface area is 181 Å². The number of anilines is 1. The molecule has 2 aromatic carbocycles. The van der Waals surface area contributed by atoms with E-state index in [1.54, 1.807) is 23.6 Å². The van der Waals surface area contributed by atoms with E-state index in [-0.39, 0.29) is 16.6 Å². The summed E-state index contributed by atoms with van der Waals surface area (Å²) in [6.07, 6.45) is 3.11. The van der Waals surface area contributed by atoms with Crippen molar-refractivity contribution >= 4 is 40.2 Å². The molecule has 5 nitrogen and oxygen atoms in total. The van der Waals surface area contributed by atoms with E-state index in [9.17, 15) is 9.59 Å². The number of H-pyrrole nitrogens is 1. The highest BCUT2D eigenvalue weighted by atomic mass is 32.2. The minimum absolute atomic E-state index is 0.0169. The second-order valence-corrected chi connectivity index (χ2v) is 10.1. The van der Waals surface area contributed by atoms with Gasteiger partial charge >= 0.3 is 0 Å². The number of hydrogen-bond donors (Lipinski definition) is 2. The van der Waals surface area contributed by atoms with E-state index >= 15 is 0 Å². The first-order chi connectivity index (χ1) is 14.4. The molecule has 0 saturated carbocycles. The molecule has 1 atom stereocenters. The lowest BCUT2D eigenvalue weighted by molar-refractivity contribution is -0.126. The summed E-state index contributed by atoms with van der Waals surface area (Å²) in [6.45, 7) is 6.47. The zero-order valence-electron chi connectivity index (χ0n) is 17.6. The highest BCUT2D eigenvalue weighted by Gasteiger charge is 2.37. The molecular formula is C24H27N3O2S. The molecule has 0 spiro atoms. The number of carbonyl (C=O) groups excluding carboxylic acids is 2. The van der Waals surface area contributed by atoms with Crippen molar-refractivity contribution in [2.75, 3.05) is 11.4 Å². The summed E-state index contributed by atoms with van der Waals surface area (Å²) in [4.78, 5) is 32.0. The van der Waals surface area contributed by atoms with E-state index < -0.39 is 6.04 Å². The lowest BCUT2D eigenvalue weighted by Gasteiger charge is -2.28. The number of nitrogens with one attached hydrogen (secondary N) is 2. The van der Waals surface area contributed by atoms with Crippen LogP contribution in [0.5, 0.6) is 0 Å². The van der Waals surface area contributed by atoms with Gasteiger partial charge in [-0.3, -0.25) is 14.5 Å². The Morgan fingerprint density at radius 1 is 1.20 bits per heavy atom. The third-order valence-electron chi connectivity index (χ3n) is 5.49. The lowest BCUT2D eigenvalue weighted by atomic mass is 10.1. The van der Waals surface area contributed by atoms with Gasteiger partial charge in [-0.2, -0.15) is 0 Å². The monoisotopic (exact) mass is 421 g/mol. The SMILES string of the molecule is CC(C(=O)NCCc1c[nH]c2ccccc12)N1C(=O)CC(C)(C)Sc2ccccc21. The van der Waals surface area contributed by atoms with Gasteiger partial charge in [0.2, 0.25) is 11.8 Å². The zero-order chi connectivity index (χ0) is 21.3. The predicted molar refractivity (Wildman–Crippen MR) is 123 cm³/mol. The second-order valence-electron chi connectivity index (χ2n) is 8.35. The second kappa shape index (κ2) is 8.19. The highest BCUT2D eigenvalue weighted by molar-refractivity contribution is 8.00. The molecule has 1 aliphatic rings. The lowest BCUT2D eigenvalue weighted by Crippen LogP contribution is -2.49. The number of aromatic amines is 1. The van der Waals surface area contributed by atoms with Crippen LogP contribution < -0.4 is 10.2 Å². The van der Waals surface area contributed by atoms with Gasteiger partial charge < -0.3 is 10.3 Å². The molecule has 1 unspecified atom stereocenters. The molecule has 6 heteroatoms. The van der Waals surface area contributed by atoms with Crippen molar-refractivity contribution in [2.24, 2.45) is 0 Å². The first-order valence-electron chi connectivity index (χ1n) is 10.3. The van der Waals surface area contributed by atoms with Crippen LogP contribution in [-0.2, 0) is 16.0 Å². The van der Waals surface area contributed by atoms with Crippen molar-refractivity contribution in [3.63, 3.8) is 0 Å². The van der Waals surface area contributed by atoms with Gasteiger partial charge in [-0.25, -0.2) is 0 Å². The summed E-state index contributed by atoms with van der Waals surface area (Å²) in [5.74, 6) is -0.153. The number of nitrogens with zero attached hydrogens (tertiary/aromatic N) is 1. The fraction of sp³-hybridized carbons (Fsp3) is 0.333. The molecule has 2 heterocycles. The number of carbonyl (C=O) groups is 2. The first-order valence-corrected chi connectivity index (χ1v) is 11.1. The third-order valence-corrected chi connectivity index (χ3v) is 6.75. The van der Waals surface area contributed by atoms with Gasteiger partial charge in [0.05, 0.1) is 5.69 Å². The van der Waals surface area contributed by atoms with Gasteiger partial charge in [-0.05, 0) is 51.0 Å². The molecule has 0 fully saturated rings. The number of hydrogen-bond acceptors (Lipinski definition) is 3. The molecule has 0 aliphatic carbocycles. The molecule has 30 heavy (non-hydrogen) atoms. The Balaban J connectivity index is 1.47. The Morgan fingerprint density at radius 3 is 2.77 bits per heavy atom. The summed E-state index contributed by atoms with van der Waals surface area (Å²) in [7, 11) is 0. The fourth-order valence-corrected chi connectivity index (χ4v) is 5.22. The van der Waals surface area contributed by atoms with Crippen molar-refractivity contribution in [2.45, 2.75) is 49.3 Å². The van der Waals surface area contributed by atoms with E-state index in [4.69, 9.17) is 0 Å². The van der Waals surface area contributed by atoms with E-state index in [1.807, 2.05) is 48.7 Å². The largest absolute Gasteiger partial charge is 0.361 e. The van der Waals surface area contributed by atoms with Crippen LogP contribution in [0.15, 0.2) is 59.6 Å². The number of thioether (sulfide) groups is 1. The summed E-state index contributed by atoms with van der Waals surface area (Å²) in [5, 5.41) is 4.20. The number of benzene rings is 2. The molecule has 0 saturated heterocycles. The van der Waals surface area contributed by atoms with Crippen molar-refractivity contribution in [3.05, 3.63) is 60.3 Å². The topological polar surface area (TPSA) is 65.2 Å². The highest BCUT2D eigenvalue weighted by Crippen LogP contribution is 2.44. The predicted octanol–water partition coefficient (Wildman–Crippen LogP) is 4.52. The van der Waals surface area contributed by atoms with Crippen molar-refractivity contribution in [1.29, 1.82) is 0 Å². The first kappa shape index (κ1) is 20.5. The molecular weight excluding hydrogens is 394 g/mol. The molecule has 1 aliphatic heterocycles. The number of amides is 2. The standard InChI is InChI=1S/C24H27N3O2S/c1-16(23(29)25-13-12-17-15-26-19-9-5-4-8-18(17)19)27-20-10-6-7-11-21(20)30-24(2,3)14-22(27)28/h4-11,15-16,26H,12-14H2,1-3H3,(H,25,29). The smallest absolute Gasteiger partial charge is 0.242 e. The number of para-hydroxylation sites is 2. The Hall–Kier alpha value is -2.73. The summed E-state index contributed by atoms with van der Waals surface area (Å²) in [6, 6.07) is 15.4. The van der Waals surface area contributed by atoms with E-state index in [2.05, 4.69) is 30.2 Å². The van der Waals surface area contributed by atoms with Gasteiger partial charge in [0, 0.05) is 39.7 Å². The van der Waals surface area contributed by atoms with Gasteiger partial charge in [0.15, 0.2) is 0 Å². The summed E-state index contributed by atoms with van der Waals surface area (Å²) in [5.41, 5.74) is 3.09. The number of rotatable bonds is 5. The molecule has 4 rings (SSSR count). The average molecular weight is 422 g/mol. The maximum Gasteiger partial charge on any atom is 0.242 e. The van der Waals surface area contributed by atoms with Crippen LogP contribution in [0.1, 0.15) is 32.8 Å². The maximum atomic E-state index is 13.1. The van der Waals surface area contributed by atoms with Crippen LogP contribution >= 0.6 is 11.8 Å². The van der Waals surface area contributed by atoms with Crippen LogP contribution in [0.4, 0.5) is 5.69 Å². The van der Waals surface area contributed by atoms with Crippen LogP contribution in [0.25, 0.3) is 10.9 Å². The molecule has 2 amide bonds. The minimum Gasteiger partial charge on any atom is -0.361 e. The van der Waals surface area contributed by atoms with Crippen LogP contribution in [0, 0.1) is 0 Å². The normalized spacial score (nSPS) is 16.8. The number of aromatic nitrogens is 1. The average Bonchev–Trinajstić information content (AvgIpc) is 3.07. The molecule has 1 aromatic heterocycles. The Bertz CT molecular complexity index is 1090. The molecule has 0 bridgehead atoms. The Morgan fingerprint density at radius 2 is 1.93 bits per heavy atom. The van der Waals surface area contributed by atoms with E-state index in [0.29, 0.717) is 13.0 Å². The molecule has 156 valence electrons. The van der Waals surface area contributed by atoms with Gasteiger partial charge in [0.25, 0.3) is 0 Å². The fourth-order valence-electron chi connectivity index (χ4n) is 4.01. The van der Waals surface area contributed by atoms with Crippen molar-refractivity contribution < 1.29 is 9.59 Å².